The van der Waals surface area contributed by atoms with E-state index in [1.807, 2.05) is 55.6 Å². The van der Waals surface area contributed by atoms with Crippen LogP contribution in [0, 0.1) is 0 Å². The summed E-state index contributed by atoms with van der Waals surface area (Å²) in [7, 11) is 1.81. The smallest absolute Gasteiger partial charge is 0.258 e. The van der Waals surface area contributed by atoms with E-state index in [9.17, 15) is 9.59 Å². The first-order chi connectivity index (χ1) is 17.4. The minimum Gasteiger partial charge on any atom is -0.348 e. The number of carbonyl (C=O) groups excluding carboxylic acids is 1. The van der Waals surface area contributed by atoms with Crippen LogP contribution in [0.15, 0.2) is 77.6 Å². The maximum Gasteiger partial charge on any atom is 0.258 e. The molecule has 0 aliphatic rings. The fourth-order valence-corrected chi connectivity index (χ4v) is 4.51. The van der Waals surface area contributed by atoms with Crippen molar-refractivity contribution in [2.45, 2.75) is 6.54 Å². The van der Waals surface area contributed by atoms with Crippen LogP contribution in [0.4, 0.5) is 11.6 Å². The molecule has 3 N–H and O–H groups in total. The number of rotatable bonds is 6. The summed E-state index contributed by atoms with van der Waals surface area (Å²) in [6.45, 7) is 0.423. The second-order valence-corrected chi connectivity index (χ2v) is 9.02. The monoisotopic (exact) mass is 517 g/mol. The number of H-pyrrole nitrogens is 1. The van der Waals surface area contributed by atoms with Crippen molar-refractivity contribution in [3.63, 3.8) is 0 Å². The van der Waals surface area contributed by atoms with Crippen molar-refractivity contribution in [1.82, 2.24) is 19.9 Å². The molecular formula is C27H21Cl2N5O2. The summed E-state index contributed by atoms with van der Waals surface area (Å²) in [5, 5.41) is 8.13. The van der Waals surface area contributed by atoms with Gasteiger partial charge in [-0.2, -0.15) is 0 Å². The molecule has 180 valence electrons. The highest BCUT2D eigenvalue weighted by molar-refractivity contribution is 6.39. The number of aromatic amines is 1. The van der Waals surface area contributed by atoms with Gasteiger partial charge in [0.05, 0.1) is 32.2 Å². The number of imidazole rings is 1. The lowest BCUT2D eigenvalue weighted by molar-refractivity contribution is -0.116. The Labute approximate surface area is 216 Å². The van der Waals surface area contributed by atoms with Crippen molar-refractivity contribution in [2.24, 2.45) is 7.05 Å². The number of aryl methyl sites for hydroxylation is 1. The predicted molar refractivity (Wildman–Crippen MR) is 146 cm³/mol. The summed E-state index contributed by atoms with van der Waals surface area (Å²) in [5.41, 5.74) is 3.08. The fourth-order valence-electron chi connectivity index (χ4n) is 4.02. The predicted octanol–water partition coefficient (Wildman–Crippen LogP) is 5.79. The quantitative estimate of drug-likeness (QED) is 0.248. The van der Waals surface area contributed by atoms with Crippen molar-refractivity contribution in [2.75, 3.05) is 5.32 Å². The third kappa shape index (κ3) is 4.71. The lowest BCUT2D eigenvalue weighted by atomic mass is 10.1. The van der Waals surface area contributed by atoms with E-state index in [2.05, 4.69) is 20.6 Å². The van der Waals surface area contributed by atoms with Crippen molar-refractivity contribution in [1.29, 1.82) is 0 Å². The van der Waals surface area contributed by atoms with Gasteiger partial charge in [-0.3, -0.25) is 9.59 Å². The minimum absolute atomic E-state index is 0.254. The number of halogens is 2. The molecule has 2 aromatic heterocycles. The van der Waals surface area contributed by atoms with Crippen LogP contribution in [0.1, 0.15) is 11.3 Å². The van der Waals surface area contributed by atoms with E-state index in [1.54, 1.807) is 28.8 Å². The number of benzene rings is 3. The van der Waals surface area contributed by atoms with Crippen LogP contribution in [0.2, 0.25) is 10.0 Å². The maximum atomic E-state index is 13.1. The zero-order valence-corrected chi connectivity index (χ0v) is 20.7. The van der Waals surface area contributed by atoms with Gasteiger partial charge in [-0.25, -0.2) is 4.98 Å². The van der Waals surface area contributed by atoms with Gasteiger partial charge < -0.3 is 20.2 Å². The van der Waals surface area contributed by atoms with Gasteiger partial charge in [0, 0.05) is 25.4 Å². The van der Waals surface area contributed by atoms with Crippen LogP contribution in [-0.4, -0.2) is 20.4 Å². The number of para-hydroxylation sites is 1. The molecule has 3 aromatic carbocycles. The molecule has 0 fully saturated rings. The van der Waals surface area contributed by atoms with Gasteiger partial charge in [0.15, 0.2) is 0 Å². The van der Waals surface area contributed by atoms with Crippen LogP contribution in [0.5, 0.6) is 0 Å². The van der Waals surface area contributed by atoms with E-state index >= 15 is 0 Å². The van der Waals surface area contributed by atoms with Gasteiger partial charge in [-0.15, -0.1) is 0 Å². The molecule has 0 unspecified atom stereocenters. The Morgan fingerprint density at radius 1 is 1.06 bits per heavy atom. The molecule has 0 aliphatic carbocycles. The number of pyridine rings is 1. The average Bonchev–Trinajstić information content (AvgIpc) is 3.19. The molecule has 0 saturated heterocycles. The molecule has 0 spiro atoms. The first kappa shape index (κ1) is 23.7. The second-order valence-electron chi connectivity index (χ2n) is 8.20. The number of hydrogen-bond donors (Lipinski definition) is 3. The molecule has 2 heterocycles. The second kappa shape index (κ2) is 9.89. The topological polar surface area (TPSA) is 91.8 Å². The molecule has 1 amide bonds. The minimum atomic E-state index is -0.284. The van der Waals surface area contributed by atoms with Gasteiger partial charge in [-0.05, 0) is 41.3 Å². The number of hydrogen-bond acceptors (Lipinski definition) is 4. The summed E-state index contributed by atoms with van der Waals surface area (Å²) in [5.74, 6) is 0.238. The molecule has 5 aromatic rings. The van der Waals surface area contributed by atoms with Crippen molar-refractivity contribution in [3.05, 3.63) is 104 Å². The van der Waals surface area contributed by atoms with Crippen molar-refractivity contribution in [3.8, 4) is 0 Å². The third-order valence-electron chi connectivity index (χ3n) is 5.79. The van der Waals surface area contributed by atoms with E-state index in [1.165, 1.54) is 6.08 Å². The SMILES string of the molecule is Cn1c(Nc2c(Cl)cccc2Cl)nc2ccc3cc(C=CC(=O)NCc4ccccc4)[nH]c(=O)c3c21. The maximum absolute atomic E-state index is 13.1. The Morgan fingerprint density at radius 2 is 1.81 bits per heavy atom. The number of carbonyl (C=O) groups is 1. The van der Waals surface area contributed by atoms with E-state index in [-0.39, 0.29) is 11.5 Å². The highest BCUT2D eigenvalue weighted by atomic mass is 35.5. The largest absolute Gasteiger partial charge is 0.348 e. The summed E-state index contributed by atoms with van der Waals surface area (Å²) in [6.07, 6.45) is 2.99. The molecule has 5 rings (SSSR count). The lowest BCUT2D eigenvalue weighted by Crippen LogP contribution is -2.20. The number of aromatic nitrogens is 3. The van der Waals surface area contributed by atoms with Gasteiger partial charge >= 0.3 is 0 Å². The summed E-state index contributed by atoms with van der Waals surface area (Å²) in [4.78, 5) is 32.8. The molecule has 7 nitrogen and oxygen atoms in total. The van der Waals surface area contributed by atoms with E-state index in [0.717, 1.165) is 10.9 Å². The number of anilines is 2. The molecule has 9 heteroatoms. The van der Waals surface area contributed by atoms with E-state index < -0.39 is 0 Å². The zero-order chi connectivity index (χ0) is 25.2. The number of nitrogens with zero attached hydrogens (tertiary/aromatic N) is 2. The highest BCUT2D eigenvalue weighted by Crippen LogP contribution is 2.34. The van der Waals surface area contributed by atoms with Crippen LogP contribution < -0.4 is 16.2 Å². The van der Waals surface area contributed by atoms with Crippen molar-refractivity contribution >= 4 is 68.6 Å². The number of nitrogens with one attached hydrogen (secondary N) is 3. The van der Waals surface area contributed by atoms with Gasteiger partial charge in [0.1, 0.15) is 0 Å². The molecule has 0 radical (unpaired) electrons. The van der Waals surface area contributed by atoms with E-state index in [4.69, 9.17) is 23.2 Å². The summed E-state index contributed by atoms with van der Waals surface area (Å²) in [6, 6.07) is 20.4. The molecule has 0 saturated carbocycles. The van der Waals surface area contributed by atoms with Crippen LogP contribution in [0.25, 0.3) is 27.9 Å². The lowest BCUT2D eigenvalue weighted by Gasteiger charge is -2.10. The Kier molecular flexibility index (Phi) is 6.50. The molecule has 0 bridgehead atoms. The summed E-state index contributed by atoms with van der Waals surface area (Å²) >= 11 is 12.6. The average molecular weight is 518 g/mol. The Hall–Kier alpha value is -4.07. The van der Waals surface area contributed by atoms with Gasteiger partial charge in [0.25, 0.3) is 5.56 Å². The Balaban J connectivity index is 1.44. The van der Waals surface area contributed by atoms with E-state index in [0.29, 0.717) is 50.3 Å². The first-order valence-corrected chi connectivity index (χ1v) is 11.9. The molecular weight excluding hydrogens is 497 g/mol. The van der Waals surface area contributed by atoms with Crippen molar-refractivity contribution < 1.29 is 4.79 Å². The standard InChI is InChI=1S/C27H21Cl2N5O2/c1-34-25-21(32-27(34)33-24-19(28)8-5-9-20(24)29)12-10-17-14-18(31-26(36)23(17)25)11-13-22(35)30-15-16-6-3-2-4-7-16/h2-14H,15H2,1H3,(H,30,35)(H,31,36)(H,32,33). The first-order valence-electron chi connectivity index (χ1n) is 11.1. The number of fused-ring (bicyclic) bond motifs is 3. The van der Waals surface area contributed by atoms with Crippen LogP contribution in [-0.2, 0) is 18.4 Å². The molecule has 36 heavy (non-hydrogen) atoms. The van der Waals surface area contributed by atoms with Crippen LogP contribution >= 0.6 is 23.2 Å². The fraction of sp³-hybridized carbons (Fsp3) is 0.0741. The Bertz CT molecular complexity index is 1670. The van der Waals surface area contributed by atoms with Crippen LogP contribution in [0.3, 0.4) is 0 Å². The van der Waals surface area contributed by atoms with Gasteiger partial charge in [0.2, 0.25) is 11.9 Å². The summed E-state index contributed by atoms with van der Waals surface area (Å²) < 4.78 is 1.79. The highest BCUT2D eigenvalue weighted by Gasteiger charge is 2.16. The van der Waals surface area contributed by atoms with Gasteiger partial charge in [-0.1, -0.05) is 65.7 Å². The number of amides is 1. The third-order valence-corrected chi connectivity index (χ3v) is 6.42. The normalized spacial score (nSPS) is 11.4. The molecule has 0 aliphatic heterocycles. The zero-order valence-electron chi connectivity index (χ0n) is 19.2. The Morgan fingerprint density at radius 3 is 2.56 bits per heavy atom. The molecule has 0 atom stereocenters.